The molecule has 0 unspecified atom stereocenters. The lowest BCUT2D eigenvalue weighted by Gasteiger charge is -2.17. The molecule has 0 saturated carbocycles. The topological polar surface area (TPSA) is 41.1 Å². The predicted octanol–water partition coefficient (Wildman–Crippen LogP) is 4.02. The first-order valence-electron chi connectivity index (χ1n) is 7.59. The fourth-order valence-corrected chi connectivity index (χ4v) is 2.78. The average molecular weight is 356 g/mol. The first-order chi connectivity index (χ1) is 11.9. The Hall–Kier alpha value is -2.64. The SMILES string of the molecule is O=C(NNc1c(F)c(F)c(F)c(F)c1F)c1ccc2c(c1)CCCC2. The van der Waals surface area contributed by atoms with Crippen LogP contribution in [-0.2, 0) is 12.8 Å². The van der Waals surface area contributed by atoms with Crippen LogP contribution in [0.2, 0.25) is 0 Å². The minimum absolute atomic E-state index is 0.219. The van der Waals surface area contributed by atoms with E-state index in [1.54, 1.807) is 23.6 Å². The molecule has 1 amide bonds. The van der Waals surface area contributed by atoms with E-state index in [1.165, 1.54) is 0 Å². The van der Waals surface area contributed by atoms with Crippen LogP contribution in [0.4, 0.5) is 27.6 Å². The molecule has 0 spiro atoms. The van der Waals surface area contributed by atoms with Crippen molar-refractivity contribution in [2.75, 3.05) is 5.43 Å². The molecule has 8 heteroatoms. The molecule has 0 radical (unpaired) electrons. The number of hydrogen-bond acceptors (Lipinski definition) is 2. The molecule has 0 fully saturated rings. The highest BCUT2D eigenvalue weighted by Gasteiger charge is 2.26. The maximum atomic E-state index is 13.5. The van der Waals surface area contributed by atoms with Crippen molar-refractivity contribution in [2.24, 2.45) is 0 Å². The van der Waals surface area contributed by atoms with E-state index in [9.17, 15) is 26.7 Å². The van der Waals surface area contributed by atoms with Gasteiger partial charge in [0.05, 0.1) is 0 Å². The van der Waals surface area contributed by atoms with E-state index in [4.69, 9.17) is 0 Å². The number of halogens is 5. The Labute approximate surface area is 139 Å². The second kappa shape index (κ2) is 6.70. The summed E-state index contributed by atoms with van der Waals surface area (Å²) >= 11 is 0. The van der Waals surface area contributed by atoms with E-state index in [0.29, 0.717) is 0 Å². The highest BCUT2D eigenvalue weighted by atomic mass is 19.2. The van der Waals surface area contributed by atoms with E-state index in [-0.39, 0.29) is 5.56 Å². The molecule has 25 heavy (non-hydrogen) atoms. The number of amides is 1. The van der Waals surface area contributed by atoms with Gasteiger partial charge >= 0.3 is 0 Å². The third-order valence-electron chi connectivity index (χ3n) is 4.12. The lowest BCUT2D eigenvalue weighted by atomic mass is 9.90. The lowest BCUT2D eigenvalue weighted by Crippen LogP contribution is -2.31. The third-order valence-corrected chi connectivity index (χ3v) is 4.12. The minimum Gasteiger partial charge on any atom is -0.293 e. The van der Waals surface area contributed by atoms with Crippen molar-refractivity contribution in [3.05, 3.63) is 64.0 Å². The van der Waals surface area contributed by atoms with E-state index in [0.717, 1.165) is 36.8 Å². The Kier molecular flexibility index (Phi) is 4.61. The fraction of sp³-hybridized carbons (Fsp3) is 0.235. The molecular weight excluding hydrogens is 343 g/mol. The summed E-state index contributed by atoms with van der Waals surface area (Å²) in [5.41, 5.74) is 4.77. The Bertz CT molecular complexity index is 824. The van der Waals surface area contributed by atoms with Crippen LogP contribution < -0.4 is 10.9 Å². The second-order valence-electron chi connectivity index (χ2n) is 5.71. The Morgan fingerprint density at radius 1 is 0.800 bits per heavy atom. The summed E-state index contributed by atoms with van der Waals surface area (Å²) in [6.07, 6.45) is 3.81. The van der Waals surface area contributed by atoms with Crippen LogP contribution in [-0.4, -0.2) is 5.91 Å². The summed E-state index contributed by atoms with van der Waals surface area (Å²) in [6.45, 7) is 0. The van der Waals surface area contributed by atoms with Gasteiger partial charge in [-0.2, -0.15) is 0 Å². The predicted molar refractivity (Wildman–Crippen MR) is 80.4 cm³/mol. The Balaban J connectivity index is 1.79. The first-order valence-corrected chi connectivity index (χ1v) is 7.59. The number of hydrazine groups is 1. The zero-order chi connectivity index (χ0) is 18.1. The maximum Gasteiger partial charge on any atom is 0.269 e. The zero-order valence-corrected chi connectivity index (χ0v) is 12.9. The van der Waals surface area contributed by atoms with Gasteiger partial charge in [-0.1, -0.05) is 6.07 Å². The van der Waals surface area contributed by atoms with E-state index >= 15 is 0 Å². The van der Waals surface area contributed by atoms with Gasteiger partial charge in [-0.3, -0.25) is 15.6 Å². The van der Waals surface area contributed by atoms with Gasteiger partial charge < -0.3 is 0 Å². The van der Waals surface area contributed by atoms with Crippen molar-refractivity contribution < 1.29 is 26.7 Å². The van der Waals surface area contributed by atoms with Gasteiger partial charge in [0, 0.05) is 5.56 Å². The number of nitrogens with one attached hydrogen (secondary N) is 2. The molecule has 0 bridgehead atoms. The number of hydrogen-bond donors (Lipinski definition) is 2. The smallest absolute Gasteiger partial charge is 0.269 e. The van der Waals surface area contributed by atoms with E-state index in [1.807, 2.05) is 5.43 Å². The number of aryl methyl sites for hydroxylation is 2. The van der Waals surface area contributed by atoms with E-state index in [2.05, 4.69) is 0 Å². The van der Waals surface area contributed by atoms with Crippen LogP contribution in [0, 0.1) is 29.1 Å². The third kappa shape index (κ3) is 3.16. The van der Waals surface area contributed by atoms with Gasteiger partial charge in [0.2, 0.25) is 5.82 Å². The van der Waals surface area contributed by atoms with Gasteiger partial charge in [0.15, 0.2) is 23.3 Å². The molecular formula is C17H13F5N2O. The monoisotopic (exact) mass is 356 g/mol. The molecule has 2 N–H and O–H groups in total. The van der Waals surface area contributed by atoms with Crippen LogP contribution in [0.25, 0.3) is 0 Å². The molecule has 0 aliphatic heterocycles. The molecule has 0 atom stereocenters. The van der Waals surface area contributed by atoms with Crippen molar-refractivity contribution in [3.8, 4) is 0 Å². The second-order valence-corrected chi connectivity index (χ2v) is 5.71. The summed E-state index contributed by atoms with van der Waals surface area (Å²) in [5.74, 6) is -11.3. The summed E-state index contributed by atoms with van der Waals surface area (Å²) in [6, 6.07) is 4.99. The number of carbonyl (C=O) groups is 1. The van der Waals surface area contributed by atoms with Gasteiger partial charge in [-0.25, -0.2) is 22.0 Å². The zero-order valence-electron chi connectivity index (χ0n) is 12.9. The molecule has 1 aliphatic rings. The summed E-state index contributed by atoms with van der Waals surface area (Å²) in [5, 5.41) is 0. The number of anilines is 1. The molecule has 0 heterocycles. The van der Waals surface area contributed by atoms with Crippen molar-refractivity contribution in [1.29, 1.82) is 0 Å². The molecule has 132 valence electrons. The number of rotatable bonds is 3. The van der Waals surface area contributed by atoms with Crippen LogP contribution in [0.15, 0.2) is 18.2 Å². The highest BCUT2D eigenvalue weighted by Crippen LogP contribution is 2.27. The van der Waals surface area contributed by atoms with Crippen molar-refractivity contribution in [1.82, 2.24) is 5.43 Å². The van der Waals surface area contributed by atoms with Crippen molar-refractivity contribution in [3.63, 3.8) is 0 Å². The van der Waals surface area contributed by atoms with Gasteiger partial charge in [-0.05, 0) is 48.9 Å². The molecule has 0 saturated heterocycles. The first kappa shape index (κ1) is 17.2. The van der Waals surface area contributed by atoms with Crippen LogP contribution in [0.1, 0.15) is 34.3 Å². The molecule has 3 rings (SSSR count). The molecule has 3 nitrogen and oxygen atoms in total. The Morgan fingerprint density at radius 3 is 2.00 bits per heavy atom. The van der Waals surface area contributed by atoms with Gasteiger partial charge in [0.1, 0.15) is 5.69 Å². The molecule has 0 aromatic heterocycles. The quantitative estimate of drug-likeness (QED) is 0.378. The number of fused-ring (bicyclic) bond motifs is 1. The average Bonchev–Trinajstić information content (AvgIpc) is 2.64. The maximum absolute atomic E-state index is 13.5. The van der Waals surface area contributed by atoms with Crippen LogP contribution in [0.5, 0.6) is 0 Å². The minimum atomic E-state index is -2.26. The normalized spacial score (nSPS) is 13.3. The largest absolute Gasteiger partial charge is 0.293 e. The Morgan fingerprint density at radius 2 is 1.36 bits per heavy atom. The van der Waals surface area contributed by atoms with Gasteiger partial charge in [0.25, 0.3) is 5.91 Å². The standard InChI is InChI=1S/C17H13F5N2O/c18-11-12(19)14(21)16(15(22)13(11)20)23-24-17(25)10-6-5-8-3-1-2-4-9(8)7-10/h5-7,23H,1-4H2,(H,24,25). The molecule has 1 aliphatic carbocycles. The van der Waals surface area contributed by atoms with Gasteiger partial charge in [-0.15, -0.1) is 0 Å². The molecule has 2 aromatic rings. The summed E-state index contributed by atoms with van der Waals surface area (Å²) in [7, 11) is 0. The highest BCUT2D eigenvalue weighted by molar-refractivity contribution is 5.95. The molecule has 2 aromatic carbocycles. The number of benzene rings is 2. The number of carbonyl (C=O) groups excluding carboxylic acids is 1. The summed E-state index contributed by atoms with van der Waals surface area (Å²) < 4.78 is 66.3. The fourth-order valence-electron chi connectivity index (χ4n) is 2.78. The van der Waals surface area contributed by atoms with E-state index < -0.39 is 40.7 Å². The van der Waals surface area contributed by atoms with Crippen LogP contribution >= 0.6 is 0 Å². The van der Waals surface area contributed by atoms with Crippen LogP contribution in [0.3, 0.4) is 0 Å². The summed E-state index contributed by atoms with van der Waals surface area (Å²) in [4.78, 5) is 12.1. The van der Waals surface area contributed by atoms with Crippen molar-refractivity contribution >= 4 is 11.6 Å². The van der Waals surface area contributed by atoms with Crippen molar-refractivity contribution in [2.45, 2.75) is 25.7 Å². The lowest BCUT2D eigenvalue weighted by molar-refractivity contribution is 0.0962.